The highest BCUT2D eigenvalue weighted by Crippen LogP contribution is 2.30. The molecule has 0 heterocycles. The number of ether oxygens (including phenoxy) is 1. The standard InChI is InChI=1S/C15H15ClO3S/c1-2-10-19-15-9-8-13(11-14(15)16)20(17,18)12-6-4-3-5-7-12/h3-9,11H,2,10H2,1H3. The SMILES string of the molecule is CCCOc1ccc(S(=O)(=O)c2ccccc2)cc1Cl. The van der Waals surface area contributed by atoms with Gasteiger partial charge >= 0.3 is 0 Å². The van der Waals surface area contributed by atoms with Gasteiger partial charge in [0.05, 0.1) is 21.4 Å². The lowest BCUT2D eigenvalue weighted by molar-refractivity contribution is 0.317. The second-order valence-corrected chi connectivity index (χ2v) is 6.61. The first-order chi connectivity index (χ1) is 9.55. The first-order valence-electron chi connectivity index (χ1n) is 6.28. The van der Waals surface area contributed by atoms with Crippen LogP contribution in [0.4, 0.5) is 0 Å². The first-order valence-corrected chi connectivity index (χ1v) is 8.14. The summed E-state index contributed by atoms with van der Waals surface area (Å²) < 4.78 is 30.3. The first kappa shape index (κ1) is 14.9. The van der Waals surface area contributed by atoms with Crippen LogP contribution in [0.2, 0.25) is 5.02 Å². The van der Waals surface area contributed by atoms with Crippen molar-refractivity contribution < 1.29 is 13.2 Å². The summed E-state index contributed by atoms with van der Waals surface area (Å²) in [6, 6.07) is 12.8. The molecule has 0 saturated carbocycles. The van der Waals surface area contributed by atoms with Crippen LogP contribution in [0.1, 0.15) is 13.3 Å². The maximum Gasteiger partial charge on any atom is 0.206 e. The quantitative estimate of drug-likeness (QED) is 0.839. The molecule has 0 bridgehead atoms. The minimum atomic E-state index is -3.54. The van der Waals surface area contributed by atoms with E-state index in [1.54, 1.807) is 36.4 Å². The largest absolute Gasteiger partial charge is 0.492 e. The highest BCUT2D eigenvalue weighted by molar-refractivity contribution is 7.91. The van der Waals surface area contributed by atoms with Gasteiger partial charge in [0, 0.05) is 0 Å². The van der Waals surface area contributed by atoms with Crippen LogP contribution in [0, 0.1) is 0 Å². The van der Waals surface area contributed by atoms with Gasteiger partial charge in [0.2, 0.25) is 9.84 Å². The van der Waals surface area contributed by atoms with Crippen molar-refractivity contribution in [1.29, 1.82) is 0 Å². The van der Waals surface area contributed by atoms with Gasteiger partial charge in [0.1, 0.15) is 5.75 Å². The Kier molecular flexibility index (Phi) is 4.68. The van der Waals surface area contributed by atoms with Gasteiger partial charge in [-0.15, -0.1) is 0 Å². The normalized spacial score (nSPS) is 11.3. The number of hydrogen-bond acceptors (Lipinski definition) is 3. The monoisotopic (exact) mass is 310 g/mol. The molecule has 0 aromatic heterocycles. The van der Waals surface area contributed by atoms with E-state index in [0.29, 0.717) is 17.4 Å². The van der Waals surface area contributed by atoms with E-state index in [1.165, 1.54) is 12.1 Å². The van der Waals surface area contributed by atoms with Crippen LogP contribution in [0.15, 0.2) is 58.3 Å². The number of sulfone groups is 1. The van der Waals surface area contributed by atoms with E-state index in [9.17, 15) is 8.42 Å². The van der Waals surface area contributed by atoms with Crippen LogP contribution >= 0.6 is 11.6 Å². The average molecular weight is 311 g/mol. The van der Waals surface area contributed by atoms with E-state index < -0.39 is 9.84 Å². The lowest BCUT2D eigenvalue weighted by Crippen LogP contribution is -2.02. The van der Waals surface area contributed by atoms with Crippen molar-refractivity contribution in [3.8, 4) is 5.75 Å². The molecule has 0 radical (unpaired) electrons. The summed E-state index contributed by atoms with van der Waals surface area (Å²) in [6.45, 7) is 2.53. The van der Waals surface area contributed by atoms with Gasteiger partial charge in [0.15, 0.2) is 0 Å². The van der Waals surface area contributed by atoms with Crippen LogP contribution in [0.25, 0.3) is 0 Å². The van der Waals surface area contributed by atoms with Crippen molar-refractivity contribution in [2.75, 3.05) is 6.61 Å². The zero-order valence-corrected chi connectivity index (χ0v) is 12.6. The van der Waals surface area contributed by atoms with Gasteiger partial charge in [0.25, 0.3) is 0 Å². The molecule has 0 spiro atoms. The second-order valence-electron chi connectivity index (χ2n) is 4.26. The molecule has 0 aliphatic rings. The Morgan fingerprint density at radius 1 is 1.05 bits per heavy atom. The predicted octanol–water partition coefficient (Wildman–Crippen LogP) is 3.96. The van der Waals surface area contributed by atoms with Crippen molar-refractivity contribution in [3.05, 3.63) is 53.6 Å². The van der Waals surface area contributed by atoms with Crippen molar-refractivity contribution >= 4 is 21.4 Å². The fraction of sp³-hybridized carbons (Fsp3) is 0.200. The molecular weight excluding hydrogens is 296 g/mol. The molecule has 0 aliphatic carbocycles. The maximum atomic E-state index is 12.4. The van der Waals surface area contributed by atoms with Crippen molar-refractivity contribution in [3.63, 3.8) is 0 Å². The second kappa shape index (κ2) is 6.29. The van der Waals surface area contributed by atoms with Gasteiger partial charge in [-0.1, -0.05) is 36.7 Å². The zero-order valence-electron chi connectivity index (χ0n) is 11.0. The molecule has 20 heavy (non-hydrogen) atoms. The molecular formula is C15H15ClO3S. The Labute approximate surface area is 124 Å². The molecule has 3 nitrogen and oxygen atoms in total. The number of rotatable bonds is 5. The van der Waals surface area contributed by atoms with Crippen molar-refractivity contribution in [1.82, 2.24) is 0 Å². The smallest absolute Gasteiger partial charge is 0.206 e. The van der Waals surface area contributed by atoms with Gasteiger partial charge in [-0.05, 0) is 36.8 Å². The Morgan fingerprint density at radius 3 is 2.35 bits per heavy atom. The fourth-order valence-corrected chi connectivity index (χ4v) is 3.32. The van der Waals surface area contributed by atoms with Gasteiger partial charge < -0.3 is 4.74 Å². The van der Waals surface area contributed by atoms with Gasteiger partial charge in [-0.2, -0.15) is 0 Å². The number of benzene rings is 2. The van der Waals surface area contributed by atoms with Gasteiger partial charge in [-0.25, -0.2) is 8.42 Å². The molecule has 2 aromatic carbocycles. The summed E-state index contributed by atoms with van der Waals surface area (Å²) in [7, 11) is -3.54. The summed E-state index contributed by atoms with van der Waals surface area (Å²) in [4.78, 5) is 0.413. The highest BCUT2D eigenvalue weighted by atomic mass is 35.5. The fourth-order valence-electron chi connectivity index (χ4n) is 1.71. The summed E-state index contributed by atoms with van der Waals surface area (Å²) in [5.41, 5.74) is 0. The Balaban J connectivity index is 2.37. The van der Waals surface area contributed by atoms with Crippen LogP contribution < -0.4 is 4.74 Å². The maximum absolute atomic E-state index is 12.4. The van der Waals surface area contributed by atoms with E-state index in [2.05, 4.69) is 0 Å². The van der Waals surface area contributed by atoms with E-state index in [1.807, 2.05) is 6.92 Å². The summed E-state index contributed by atoms with van der Waals surface area (Å²) in [6.07, 6.45) is 0.862. The van der Waals surface area contributed by atoms with Gasteiger partial charge in [-0.3, -0.25) is 0 Å². The molecule has 0 N–H and O–H groups in total. The van der Waals surface area contributed by atoms with E-state index in [-0.39, 0.29) is 9.79 Å². The van der Waals surface area contributed by atoms with Crippen molar-refractivity contribution in [2.45, 2.75) is 23.1 Å². The molecule has 0 aliphatic heterocycles. The average Bonchev–Trinajstić information content (AvgIpc) is 2.47. The van der Waals surface area contributed by atoms with E-state index in [4.69, 9.17) is 16.3 Å². The molecule has 2 rings (SSSR count). The van der Waals surface area contributed by atoms with Crippen LogP contribution in [-0.4, -0.2) is 15.0 Å². The van der Waals surface area contributed by atoms with E-state index in [0.717, 1.165) is 6.42 Å². The summed E-state index contributed by atoms with van der Waals surface area (Å²) >= 11 is 6.07. The Hall–Kier alpha value is -1.52. The van der Waals surface area contributed by atoms with E-state index >= 15 is 0 Å². The van der Waals surface area contributed by atoms with Crippen LogP contribution in [0.5, 0.6) is 5.75 Å². The van der Waals surface area contributed by atoms with Crippen molar-refractivity contribution in [2.24, 2.45) is 0 Å². The minimum absolute atomic E-state index is 0.164. The third kappa shape index (κ3) is 3.14. The molecule has 106 valence electrons. The van der Waals surface area contributed by atoms with Crippen LogP contribution in [-0.2, 0) is 9.84 Å². The summed E-state index contributed by atoms with van der Waals surface area (Å²) in [5.74, 6) is 0.500. The number of hydrogen-bond donors (Lipinski definition) is 0. The Bertz CT molecular complexity index is 682. The molecule has 0 amide bonds. The topological polar surface area (TPSA) is 43.4 Å². The highest BCUT2D eigenvalue weighted by Gasteiger charge is 2.18. The predicted molar refractivity (Wildman–Crippen MR) is 79.1 cm³/mol. The Morgan fingerprint density at radius 2 is 1.75 bits per heavy atom. The lowest BCUT2D eigenvalue weighted by atomic mass is 10.3. The molecule has 0 unspecified atom stereocenters. The zero-order chi connectivity index (χ0) is 14.6. The minimum Gasteiger partial charge on any atom is -0.492 e. The number of halogens is 1. The van der Waals surface area contributed by atoms with Crippen LogP contribution in [0.3, 0.4) is 0 Å². The third-order valence-corrected chi connectivity index (χ3v) is 4.79. The summed E-state index contributed by atoms with van der Waals surface area (Å²) in [5, 5.41) is 0.301. The third-order valence-electron chi connectivity index (χ3n) is 2.73. The molecule has 0 fully saturated rings. The molecule has 0 saturated heterocycles. The molecule has 0 atom stereocenters. The molecule has 5 heteroatoms. The lowest BCUT2D eigenvalue weighted by Gasteiger charge is -2.09. The molecule has 2 aromatic rings.